The van der Waals surface area contributed by atoms with Crippen LogP contribution in [-0.2, 0) is 9.47 Å². The second-order valence-corrected chi connectivity index (χ2v) is 7.57. The third-order valence-electron chi connectivity index (χ3n) is 4.05. The molecule has 6 heteroatoms. The molecule has 0 aromatic carbocycles. The highest BCUT2D eigenvalue weighted by atomic mass is 127. The van der Waals surface area contributed by atoms with Crippen molar-refractivity contribution < 1.29 is 9.47 Å². The van der Waals surface area contributed by atoms with Crippen LogP contribution in [0.3, 0.4) is 0 Å². The maximum atomic E-state index is 5.67. The number of aliphatic imine (C=N–C) groups is 1. The van der Waals surface area contributed by atoms with E-state index in [1.807, 2.05) is 0 Å². The van der Waals surface area contributed by atoms with Gasteiger partial charge in [0, 0.05) is 39.2 Å². The van der Waals surface area contributed by atoms with Crippen molar-refractivity contribution in [1.82, 2.24) is 10.2 Å². The third-order valence-corrected chi connectivity index (χ3v) is 4.05. The molecule has 24 heavy (non-hydrogen) atoms. The van der Waals surface area contributed by atoms with E-state index in [9.17, 15) is 0 Å². The minimum Gasteiger partial charge on any atom is -0.382 e. The molecule has 0 bridgehead atoms. The van der Waals surface area contributed by atoms with Crippen molar-refractivity contribution in [3.8, 4) is 0 Å². The van der Waals surface area contributed by atoms with Crippen molar-refractivity contribution in [2.24, 2.45) is 16.3 Å². The molecule has 144 valence electrons. The number of likely N-dealkylation sites (tertiary alicyclic amines) is 1. The van der Waals surface area contributed by atoms with Gasteiger partial charge in [0.2, 0.25) is 0 Å². The highest BCUT2D eigenvalue weighted by molar-refractivity contribution is 14.0. The van der Waals surface area contributed by atoms with Crippen molar-refractivity contribution in [2.45, 2.75) is 47.0 Å². The van der Waals surface area contributed by atoms with E-state index in [2.05, 4.69) is 37.9 Å². The molecule has 1 saturated heterocycles. The van der Waals surface area contributed by atoms with Crippen LogP contribution in [0.5, 0.6) is 0 Å². The molecule has 1 aliphatic heterocycles. The van der Waals surface area contributed by atoms with Gasteiger partial charge in [-0.1, -0.05) is 20.8 Å². The largest absolute Gasteiger partial charge is 0.382 e. The van der Waals surface area contributed by atoms with Gasteiger partial charge in [-0.15, -0.1) is 24.0 Å². The number of hydrogen-bond donors (Lipinski definition) is 1. The van der Waals surface area contributed by atoms with Crippen LogP contribution < -0.4 is 5.32 Å². The summed E-state index contributed by atoms with van der Waals surface area (Å²) in [6, 6.07) is 0. The molecule has 0 aromatic rings. The molecule has 1 N–H and O–H groups in total. The Morgan fingerprint density at radius 1 is 1.29 bits per heavy atom. The van der Waals surface area contributed by atoms with Crippen LogP contribution >= 0.6 is 24.0 Å². The summed E-state index contributed by atoms with van der Waals surface area (Å²) >= 11 is 0. The number of halogens is 1. The molecule has 0 radical (unpaired) electrons. The molecule has 1 rings (SSSR count). The van der Waals surface area contributed by atoms with Crippen molar-refractivity contribution in [3.05, 3.63) is 0 Å². The molecule has 1 fully saturated rings. The molecule has 0 saturated carbocycles. The van der Waals surface area contributed by atoms with Crippen molar-refractivity contribution in [3.63, 3.8) is 0 Å². The van der Waals surface area contributed by atoms with Gasteiger partial charge in [-0.05, 0) is 31.6 Å². The van der Waals surface area contributed by atoms with E-state index < -0.39 is 0 Å². The zero-order valence-electron chi connectivity index (χ0n) is 16.3. The number of methoxy groups -OCH3 is 1. The van der Waals surface area contributed by atoms with Gasteiger partial charge in [0.15, 0.2) is 5.96 Å². The Balaban J connectivity index is 0.00000529. The highest BCUT2D eigenvalue weighted by Gasteiger charge is 2.24. The first-order valence-corrected chi connectivity index (χ1v) is 9.06. The Bertz CT molecular complexity index is 346. The van der Waals surface area contributed by atoms with Gasteiger partial charge in [-0.2, -0.15) is 0 Å². The van der Waals surface area contributed by atoms with E-state index in [1.165, 1.54) is 12.8 Å². The standard InChI is InChI=1S/C18H37N3O2.HI/c1-6-19-17(20-10-7-9-18(2,3)4)21-11-8-16(14-21)15-23-13-12-22-5;/h16H,6-15H2,1-5H3,(H,19,20);1H. The number of rotatable bonds is 9. The van der Waals surface area contributed by atoms with Gasteiger partial charge in [-0.25, -0.2) is 0 Å². The maximum absolute atomic E-state index is 5.67. The fourth-order valence-corrected chi connectivity index (χ4v) is 2.77. The van der Waals surface area contributed by atoms with Crippen molar-refractivity contribution >= 4 is 29.9 Å². The van der Waals surface area contributed by atoms with E-state index >= 15 is 0 Å². The van der Waals surface area contributed by atoms with Gasteiger partial charge in [0.25, 0.3) is 0 Å². The zero-order valence-corrected chi connectivity index (χ0v) is 18.6. The fraction of sp³-hybridized carbons (Fsp3) is 0.944. The summed E-state index contributed by atoms with van der Waals surface area (Å²) < 4.78 is 10.7. The Kier molecular flexibility index (Phi) is 13.1. The minimum atomic E-state index is 0. The number of nitrogens with one attached hydrogen (secondary N) is 1. The van der Waals surface area contributed by atoms with E-state index in [4.69, 9.17) is 14.5 Å². The first-order chi connectivity index (χ1) is 11.0. The van der Waals surface area contributed by atoms with Crippen molar-refractivity contribution in [1.29, 1.82) is 0 Å². The average molecular weight is 455 g/mol. The predicted octanol–water partition coefficient (Wildman–Crippen LogP) is 3.38. The lowest BCUT2D eigenvalue weighted by molar-refractivity contribution is 0.0536. The molecule has 1 atom stereocenters. The maximum Gasteiger partial charge on any atom is 0.193 e. The van der Waals surface area contributed by atoms with Crippen LogP contribution in [0.1, 0.15) is 47.0 Å². The quantitative estimate of drug-likeness (QED) is 0.251. The van der Waals surface area contributed by atoms with Gasteiger partial charge < -0.3 is 19.7 Å². The van der Waals surface area contributed by atoms with E-state index in [0.717, 1.165) is 45.2 Å². The molecular weight excluding hydrogens is 417 g/mol. The normalized spacial score (nSPS) is 18.6. The van der Waals surface area contributed by atoms with Crippen LogP contribution in [0.15, 0.2) is 4.99 Å². The Labute approximate surface area is 166 Å². The monoisotopic (exact) mass is 455 g/mol. The summed E-state index contributed by atoms with van der Waals surface area (Å²) in [5.41, 5.74) is 0.395. The SMILES string of the molecule is CCNC(=NCCCC(C)(C)C)N1CCC(COCCOC)C1.I. The first kappa shape index (κ1) is 23.9. The second kappa shape index (κ2) is 13.2. The summed E-state index contributed by atoms with van der Waals surface area (Å²) in [5, 5.41) is 3.43. The molecule has 1 heterocycles. The molecule has 5 nitrogen and oxygen atoms in total. The Morgan fingerprint density at radius 2 is 2.04 bits per heavy atom. The Hall–Kier alpha value is -0.0800. The van der Waals surface area contributed by atoms with Crippen LogP contribution in [0.4, 0.5) is 0 Å². The predicted molar refractivity (Wildman–Crippen MR) is 112 cm³/mol. The van der Waals surface area contributed by atoms with Gasteiger partial charge in [0.1, 0.15) is 0 Å². The zero-order chi connectivity index (χ0) is 17.1. The fourth-order valence-electron chi connectivity index (χ4n) is 2.77. The van der Waals surface area contributed by atoms with Gasteiger partial charge in [-0.3, -0.25) is 4.99 Å². The molecule has 0 amide bonds. The lowest BCUT2D eigenvalue weighted by Gasteiger charge is -2.22. The summed E-state index contributed by atoms with van der Waals surface area (Å²) in [5.74, 6) is 1.67. The van der Waals surface area contributed by atoms with Crippen LogP contribution in [-0.4, -0.2) is 64.0 Å². The number of ether oxygens (including phenoxy) is 2. The lowest BCUT2D eigenvalue weighted by atomic mass is 9.91. The summed E-state index contributed by atoms with van der Waals surface area (Å²) in [7, 11) is 1.71. The van der Waals surface area contributed by atoms with E-state index in [0.29, 0.717) is 24.5 Å². The van der Waals surface area contributed by atoms with E-state index in [-0.39, 0.29) is 24.0 Å². The van der Waals surface area contributed by atoms with Crippen LogP contribution in [0, 0.1) is 11.3 Å². The van der Waals surface area contributed by atoms with Gasteiger partial charge >= 0.3 is 0 Å². The molecule has 0 aliphatic carbocycles. The molecule has 1 unspecified atom stereocenters. The average Bonchev–Trinajstić information content (AvgIpc) is 2.94. The molecular formula is C18H38IN3O2. The van der Waals surface area contributed by atoms with Crippen LogP contribution in [0.25, 0.3) is 0 Å². The summed E-state index contributed by atoms with van der Waals surface area (Å²) in [4.78, 5) is 7.19. The smallest absolute Gasteiger partial charge is 0.193 e. The van der Waals surface area contributed by atoms with Gasteiger partial charge in [0.05, 0.1) is 19.8 Å². The highest BCUT2D eigenvalue weighted by Crippen LogP contribution is 2.20. The number of nitrogens with zero attached hydrogens (tertiary/aromatic N) is 2. The summed E-state index contributed by atoms with van der Waals surface area (Å²) in [6.45, 7) is 15.1. The second-order valence-electron chi connectivity index (χ2n) is 7.57. The number of guanidine groups is 1. The lowest BCUT2D eigenvalue weighted by Crippen LogP contribution is -2.40. The van der Waals surface area contributed by atoms with E-state index in [1.54, 1.807) is 7.11 Å². The molecule has 0 spiro atoms. The molecule has 0 aromatic heterocycles. The van der Waals surface area contributed by atoms with Crippen molar-refractivity contribution in [2.75, 3.05) is 53.1 Å². The van der Waals surface area contributed by atoms with Crippen LogP contribution in [0.2, 0.25) is 0 Å². The minimum absolute atomic E-state index is 0. The third kappa shape index (κ3) is 10.7. The topological polar surface area (TPSA) is 46.1 Å². The first-order valence-electron chi connectivity index (χ1n) is 9.06. The summed E-state index contributed by atoms with van der Waals surface area (Å²) in [6.07, 6.45) is 3.54. The molecule has 1 aliphatic rings. The number of hydrogen-bond acceptors (Lipinski definition) is 3. The Morgan fingerprint density at radius 3 is 2.67 bits per heavy atom.